The first-order valence-corrected chi connectivity index (χ1v) is 7.74. The van der Waals surface area contributed by atoms with Crippen molar-refractivity contribution in [3.63, 3.8) is 0 Å². The summed E-state index contributed by atoms with van der Waals surface area (Å²) in [5.74, 6) is -1.05. The van der Waals surface area contributed by atoms with E-state index in [4.69, 9.17) is 0 Å². The van der Waals surface area contributed by atoms with Gasteiger partial charge in [0, 0.05) is 38.3 Å². The van der Waals surface area contributed by atoms with Crippen molar-refractivity contribution in [2.45, 2.75) is 18.9 Å². The number of carbonyl (C=O) groups is 2. The SMILES string of the molecule is CN(CCc1ccccn1)C(=O)N[C@@H](Cc1ccccc1)C(=O)O. The number of likely N-dealkylation sites (N-methyl/N-ethyl adjacent to an activating group) is 1. The van der Waals surface area contributed by atoms with Gasteiger partial charge >= 0.3 is 12.0 Å². The lowest BCUT2D eigenvalue weighted by Crippen LogP contribution is -2.48. The Morgan fingerprint density at radius 2 is 1.88 bits per heavy atom. The number of urea groups is 1. The van der Waals surface area contributed by atoms with Crippen LogP contribution < -0.4 is 5.32 Å². The highest BCUT2D eigenvalue weighted by Gasteiger charge is 2.22. The Morgan fingerprint density at radius 1 is 1.17 bits per heavy atom. The molecule has 1 heterocycles. The monoisotopic (exact) mass is 327 g/mol. The molecule has 2 rings (SSSR count). The molecule has 0 aliphatic carbocycles. The third kappa shape index (κ3) is 5.39. The van der Waals surface area contributed by atoms with E-state index in [1.165, 1.54) is 4.90 Å². The molecule has 1 aromatic carbocycles. The van der Waals surface area contributed by atoms with Crippen LogP contribution in [0.3, 0.4) is 0 Å². The first-order chi connectivity index (χ1) is 11.6. The summed E-state index contributed by atoms with van der Waals surface area (Å²) in [5, 5.41) is 11.9. The van der Waals surface area contributed by atoms with Gasteiger partial charge in [0.2, 0.25) is 0 Å². The van der Waals surface area contributed by atoms with E-state index in [1.807, 2.05) is 48.5 Å². The number of carboxylic acid groups (broad SMARTS) is 1. The number of nitrogens with one attached hydrogen (secondary N) is 1. The van der Waals surface area contributed by atoms with Crippen molar-refractivity contribution in [1.82, 2.24) is 15.2 Å². The summed E-state index contributed by atoms with van der Waals surface area (Å²) in [6.07, 6.45) is 2.56. The van der Waals surface area contributed by atoms with Gasteiger partial charge in [-0.1, -0.05) is 36.4 Å². The summed E-state index contributed by atoms with van der Waals surface area (Å²) in [6, 6.07) is 13.5. The molecule has 0 aliphatic rings. The highest BCUT2D eigenvalue weighted by atomic mass is 16.4. The molecule has 126 valence electrons. The van der Waals surface area contributed by atoms with E-state index in [1.54, 1.807) is 13.2 Å². The molecule has 1 atom stereocenters. The molecular weight excluding hydrogens is 306 g/mol. The molecule has 6 nitrogen and oxygen atoms in total. The number of nitrogens with zero attached hydrogens (tertiary/aromatic N) is 2. The Balaban J connectivity index is 1.88. The van der Waals surface area contributed by atoms with E-state index in [2.05, 4.69) is 10.3 Å². The average molecular weight is 327 g/mol. The van der Waals surface area contributed by atoms with Crippen molar-refractivity contribution in [2.75, 3.05) is 13.6 Å². The topological polar surface area (TPSA) is 82.5 Å². The Morgan fingerprint density at radius 3 is 2.50 bits per heavy atom. The first-order valence-electron chi connectivity index (χ1n) is 7.74. The number of aliphatic carboxylic acids is 1. The van der Waals surface area contributed by atoms with Crippen LogP contribution >= 0.6 is 0 Å². The van der Waals surface area contributed by atoms with Crippen LogP contribution in [0.25, 0.3) is 0 Å². The van der Waals surface area contributed by atoms with Gasteiger partial charge in [0.1, 0.15) is 6.04 Å². The van der Waals surface area contributed by atoms with Crippen LogP contribution in [-0.2, 0) is 17.6 Å². The maximum absolute atomic E-state index is 12.2. The van der Waals surface area contributed by atoms with Gasteiger partial charge < -0.3 is 15.3 Å². The molecule has 0 fully saturated rings. The summed E-state index contributed by atoms with van der Waals surface area (Å²) in [4.78, 5) is 29.3. The van der Waals surface area contributed by atoms with E-state index in [-0.39, 0.29) is 6.42 Å². The second kappa shape index (κ2) is 8.67. The standard InChI is InChI=1S/C18H21N3O3/c1-21(12-10-15-9-5-6-11-19-15)18(24)20-16(17(22)23)13-14-7-3-2-4-8-14/h2-9,11,16H,10,12-13H2,1H3,(H,20,24)(H,22,23)/t16-/m0/s1. The average Bonchev–Trinajstić information content (AvgIpc) is 2.60. The number of pyridine rings is 1. The number of carbonyl (C=O) groups excluding carboxylic acids is 1. The van der Waals surface area contributed by atoms with Gasteiger partial charge in [-0.3, -0.25) is 4.98 Å². The molecule has 0 aliphatic heterocycles. The molecule has 1 aromatic heterocycles. The maximum Gasteiger partial charge on any atom is 0.326 e. The number of amides is 2. The minimum absolute atomic E-state index is 0.246. The molecule has 2 amide bonds. The molecule has 0 radical (unpaired) electrons. The highest BCUT2D eigenvalue weighted by Crippen LogP contribution is 2.04. The minimum Gasteiger partial charge on any atom is -0.480 e. The van der Waals surface area contributed by atoms with Crippen LogP contribution in [0.4, 0.5) is 4.79 Å². The van der Waals surface area contributed by atoms with Gasteiger partial charge in [-0.15, -0.1) is 0 Å². The lowest BCUT2D eigenvalue weighted by Gasteiger charge is -2.21. The van der Waals surface area contributed by atoms with Crippen LogP contribution in [0, 0.1) is 0 Å². The molecule has 2 aromatic rings. The molecule has 0 spiro atoms. The molecule has 0 saturated carbocycles. The number of hydrogen-bond acceptors (Lipinski definition) is 3. The van der Waals surface area contributed by atoms with Crippen LogP contribution in [-0.4, -0.2) is 46.6 Å². The lowest BCUT2D eigenvalue weighted by molar-refractivity contribution is -0.139. The van der Waals surface area contributed by atoms with Crippen molar-refractivity contribution in [3.8, 4) is 0 Å². The second-order valence-corrected chi connectivity index (χ2v) is 5.52. The zero-order valence-corrected chi connectivity index (χ0v) is 13.6. The van der Waals surface area contributed by atoms with Crippen molar-refractivity contribution < 1.29 is 14.7 Å². The minimum atomic E-state index is -1.05. The van der Waals surface area contributed by atoms with Gasteiger partial charge in [-0.05, 0) is 17.7 Å². The van der Waals surface area contributed by atoms with Crippen LogP contribution in [0.15, 0.2) is 54.7 Å². The Labute approximate surface area is 141 Å². The largest absolute Gasteiger partial charge is 0.480 e. The van der Waals surface area contributed by atoms with E-state index < -0.39 is 18.0 Å². The predicted octanol–water partition coefficient (Wildman–Crippen LogP) is 1.96. The van der Waals surface area contributed by atoms with Gasteiger partial charge in [0.25, 0.3) is 0 Å². The predicted molar refractivity (Wildman–Crippen MR) is 90.7 cm³/mol. The Bertz CT molecular complexity index is 662. The number of aromatic nitrogens is 1. The van der Waals surface area contributed by atoms with Crippen LogP contribution in [0.1, 0.15) is 11.3 Å². The first kappa shape index (κ1) is 17.5. The van der Waals surface area contributed by atoms with Gasteiger partial charge in [0.05, 0.1) is 0 Å². The maximum atomic E-state index is 12.2. The van der Waals surface area contributed by atoms with Gasteiger partial charge in [-0.25, -0.2) is 9.59 Å². The molecular formula is C18H21N3O3. The number of benzene rings is 1. The van der Waals surface area contributed by atoms with Crippen LogP contribution in [0.2, 0.25) is 0 Å². The molecule has 0 bridgehead atoms. The highest BCUT2D eigenvalue weighted by molar-refractivity contribution is 5.82. The van der Waals surface area contributed by atoms with Crippen molar-refractivity contribution in [1.29, 1.82) is 0 Å². The third-order valence-electron chi connectivity index (χ3n) is 3.65. The molecule has 24 heavy (non-hydrogen) atoms. The Kier molecular flexibility index (Phi) is 6.31. The van der Waals surface area contributed by atoms with E-state index in [0.717, 1.165) is 11.3 Å². The molecule has 6 heteroatoms. The van der Waals surface area contributed by atoms with Gasteiger partial charge in [-0.2, -0.15) is 0 Å². The fraction of sp³-hybridized carbons (Fsp3) is 0.278. The quantitative estimate of drug-likeness (QED) is 0.814. The van der Waals surface area contributed by atoms with Crippen LogP contribution in [0.5, 0.6) is 0 Å². The lowest BCUT2D eigenvalue weighted by atomic mass is 10.1. The second-order valence-electron chi connectivity index (χ2n) is 5.52. The summed E-state index contributed by atoms with van der Waals surface area (Å²) in [5.41, 5.74) is 1.75. The zero-order chi connectivity index (χ0) is 17.4. The van der Waals surface area contributed by atoms with E-state index in [9.17, 15) is 14.7 Å². The van der Waals surface area contributed by atoms with E-state index in [0.29, 0.717) is 13.0 Å². The Hall–Kier alpha value is -2.89. The molecule has 0 saturated heterocycles. The van der Waals surface area contributed by atoms with E-state index >= 15 is 0 Å². The van der Waals surface area contributed by atoms with Gasteiger partial charge in [0.15, 0.2) is 0 Å². The zero-order valence-electron chi connectivity index (χ0n) is 13.6. The smallest absolute Gasteiger partial charge is 0.326 e. The third-order valence-corrected chi connectivity index (χ3v) is 3.65. The summed E-state index contributed by atoms with van der Waals surface area (Å²) < 4.78 is 0. The summed E-state index contributed by atoms with van der Waals surface area (Å²) in [7, 11) is 1.64. The fourth-order valence-corrected chi connectivity index (χ4v) is 2.24. The number of hydrogen-bond donors (Lipinski definition) is 2. The summed E-state index contributed by atoms with van der Waals surface area (Å²) >= 11 is 0. The van der Waals surface area contributed by atoms with Crippen molar-refractivity contribution >= 4 is 12.0 Å². The van der Waals surface area contributed by atoms with Crippen molar-refractivity contribution in [2.24, 2.45) is 0 Å². The van der Waals surface area contributed by atoms with Crippen molar-refractivity contribution in [3.05, 3.63) is 66.0 Å². The fourth-order valence-electron chi connectivity index (χ4n) is 2.24. The molecule has 2 N–H and O–H groups in total. The number of rotatable bonds is 7. The normalized spacial score (nSPS) is 11.5. The summed E-state index contributed by atoms with van der Waals surface area (Å²) in [6.45, 7) is 0.459. The molecule has 0 unspecified atom stereocenters. The number of carboxylic acids is 1.